The van der Waals surface area contributed by atoms with E-state index < -0.39 is 5.63 Å². The van der Waals surface area contributed by atoms with Crippen LogP contribution in [0.15, 0.2) is 86.2 Å². The van der Waals surface area contributed by atoms with Gasteiger partial charge in [-0.15, -0.1) is 0 Å². The first-order chi connectivity index (χ1) is 19.2. The predicted molar refractivity (Wildman–Crippen MR) is 168 cm³/mol. The number of hydrogen-bond acceptors (Lipinski definition) is 5. The topological polar surface area (TPSA) is 57.9 Å². The largest absolute Gasteiger partial charge is 0.489 e. The smallest absolute Gasteiger partial charge is 0.383 e. The molecule has 0 saturated carbocycles. The van der Waals surface area contributed by atoms with Crippen molar-refractivity contribution in [3.8, 4) is 17.2 Å². The van der Waals surface area contributed by atoms with Crippen molar-refractivity contribution in [1.82, 2.24) is 0 Å². The van der Waals surface area contributed by atoms with E-state index in [2.05, 4.69) is 78.8 Å². The van der Waals surface area contributed by atoms with E-state index in [9.17, 15) is 4.79 Å². The molecule has 0 amide bonds. The summed E-state index contributed by atoms with van der Waals surface area (Å²) in [6.45, 7) is 15.7. The van der Waals surface area contributed by atoms with E-state index >= 15 is 0 Å². The third-order valence-electron chi connectivity index (χ3n) is 6.26. The van der Waals surface area contributed by atoms with Crippen LogP contribution in [0, 0.1) is 0 Å². The molecule has 0 saturated heterocycles. The molecule has 2 rings (SSSR count). The molecule has 1 aromatic heterocycles. The van der Waals surface area contributed by atoms with E-state index in [0.29, 0.717) is 35.7 Å². The molecule has 1 aromatic carbocycles. The van der Waals surface area contributed by atoms with Crippen LogP contribution in [0.2, 0.25) is 0 Å². The lowest BCUT2D eigenvalue weighted by Crippen LogP contribution is -2.11. The van der Waals surface area contributed by atoms with Crippen molar-refractivity contribution >= 4 is 11.0 Å². The second-order valence-electron chi connectivity index (χ2n) is 10.6. The molecule has 2 aromatic rings. The first-order valence-corrected chi connectivity index (χ1v) is 14.4. The van der Waals surface area contributed by atoms with Gasteiger partial charge in [-0.05, 0) is 104 Å². The van der Waals surface area contributed by atoms with Crippen LogP contribution in [0.1, 0.15) is 87.0 Å². The summed E-state index contributed by atoms with van der Waals surface area (Å²) in [4.78, 5) is 13.2. The molecule has 0 unspecified atom stereocenters. The van der Waals surface area contributed by atoms with Gasteiger partial charge in [-0.1, -0.05) is 59.6 Å². The Morgan fingerprint density at radius 3 is 1.93 bits per heavy atom. The van der Waals surface area contributed by atoms with Crippen LogP contribution >= 0.6 is 0 Å². The number of benzene rings is 1. The summed E-state index contributed by atoms with van der Waals surface area (Å²) in [6.07, 6.45) is 18.3. The molecule has 218 valence electrons. The van der Waals surface area contributed by atoms with Crippen molar-refractivity contribution < 1.29 is 18.6 Å². The molecular formula is C35H48O5. The van der Waals surface area contributed by atoms with Crippen molar-refractivity contribution in [3.63, 3.8) is 0 Å². The fraction of sp³-hybridized carbons (Fsp3) is 0.457. The molecule has 1 heterocycles. The van der Waals surface area contributed by atoms with Crippen LogP contribution in [-0.4, -0.2) is 19.8 Å². The Bertz CT molecular complexity index is 1280. The first kappa shape index (κ1) is 32.7. The van der Waals surface area contributed by atoms with Gasteiger partial charge in [0, 0.05) is 0 Å². The Kier molecular flexibility index (Phi) is 14.7. The molecule has 0 atom stereocenters. The van der Waals surface area contributed by atoms with Crippen LogP contribution in [0.5, 0.6) is 17.2 Å². The molecular weight excluding hydrogens is 500 g/mol. The first-order valence-electron chi connectivity index (χ1n) is 14.4. The summed E-state index contributed by atoms with van der Waals surface area (Å²) in [7, 11) is 0. The number of rotatable bonds is 17. The lowest BCUT2D eigenvalue weighted by molar-refractivity contribution is 0.291. The van der Waals surface area contributed by atoms with E-state index in [4.69, 9.17) is 18.6 Å². The highest BCUT2D eigenvalue weighted by Crippen LogP contribution is 2.37. The van der Waals surface area contributed by atoms with Crippen molar-refractivity contribution in [2.75, 3.05) is 19.8 Å². The minimum Gasteiger partial charge on any atom is -0.489 e. The average Bonchev–Trinajstić information content (AvgIpc) is 2.89. The molecule has 5 nitrogen and oxygen atoms in total. The third-order valence-corrected chi connectivity index (χ3v) is 6.26. The molecule has 0 N–H and O–H groups in total. The van der Waals surface area contributed by atoms with Crippen molar-refractivity contribution in [2.24, 2.45) is 0 Å². The minimum atomic E-state index is -0.579. The fourth-order valence-electron chi connectivity index (χ4n) is 3.97. The molecule has 5 heteroatoms. The van der Waals surface area contributed by atoms with E-state index in [-0.39, 0.29) is 12.4 Å². The Balaban J connectivity index is 2.32. The summed E-state index contributed by atoms with van der Waals surface area (Å²) >= 11 is 0. The SMILES string of the molecule is CCC=CCCOc1cccc2c(OC/C=C(\C)CCC=C(C)C)c(OC/C=C(\C)CCC=C(C)C)c(=O)oc12. The van der Waals surface area contributed by atoms with E-state index in [0.717, 1.165) is 38.5 Å². The van der Waals surface area contributed by atoms with Gasteiger partial charge in [0.05, 0.1) is 12.0 Å². The van der Waals surface area contributed by atoms with Gasteiger partial charge in [0.1, 0.15) is 13.2 Å². The summed E-state index contributed by atoms with van der Waals surface area (Å²) in [5, 5.41) is 0.649. The van der Waals surface area contributed by atoms with Crippen molar-refractivity contribution in [2.45, 2.75) is 87.0 Å². The predicted octanol–water partition coefficient (Wildman–Crippen LogP) is 9.67. The van der Waals surface area contributed by atoms with E-state index in [1.54, 1.807) is 0 Å². The van der Waals surface area contributed by atoms with Gasteiger partial charge < -0.3 is 18.6 Å². The van der Waals surface area contributed by atoms with E-state index in [1.807, 2.05) is 24.3 Å². The Morgan fingerprint density at radius 2 is 1.35 bits per heavy atom. The van der Waals surface area contributed by atoms with Gasteiger partial charge >= 0.3 is 5.63 Å². The standard InChI is InChI=1S/C35H48O5/c1-8-9-10-11-23-37-31-20-14-19-30-32(31)40-35(36)34(39-25-22-29(7)18-13-16-27(4)5)33(30)38-24-21-28(6)17-12-15-26(2)3/h9-10,14-16,19-22H,8,11-13,17-18,23-25H2,1-7H3/b10-9?,28-21+,29-22+. The van der Waals surface area contributed by atoms with Gasteiger partial charge in [0.2, 0.25) is 5.75 Å². The van der Waals surface area contributed by atoms with Crippen LogP contribution in [0.4, 0.5) is 0 Å². The molecule has 0 fully saturated rings. The lowest BCUT2D eigenvalue weighted by atomic mass is 10.1. The zero-order valence-corrected chi connectivity index (χ0v) is 25.6. The van der Waals surface area contributed by atoms with Crippen LogP contribution in [-0.2, 0) is 0 Å². The molecule has 0 radical (unpaired) electrons. The maximum absolute atomic E-state index is 13.2. The quantitative estimate of drug-likeness (QED) is 0.112. The van der Waals surface area contributed by atoms with Gasteiger partial charge in [-0.2, -0.15) is 0 Å². The van der Waals surface area contributed by atoms with Crippen LogP contribution in [0.3, 0.4) is 0 Å². The maximum atomic E-state index is 13.2. The molecule has 0 aliphatic carbocycles. The fourth-order valence-corrected chi connectivity index (χ4v) is 3.97. The van der Waals surface area contributed by atoms with Gasteiger partial charge in [0.25, 0.3) is 0 Å². The summed E-state index contributed by atoms with van der Waals surface area (Å²) in [5.74, 6) is 0.977. The molecule has 0 spiro atoms. The highest BCUT2D eigenvalue weighted by molar-refractivity contribution is 5.89. The lowest BCUT2D eigenvalue weighted by Gasteiger charge is -2.14. The third kappa shape index (κ3) is 11.7. The van der Waals surface area contributed by atoms with Crippen LogP contribution in [0.25, 0.3) is 11.0 Å². The van der Waals surface area contributed by atoms with Crippen molar-refractivity contribution in [1.29, 1.82) is 0 Å². The molecule has 40 heavy (non-hydrogen) atoms. The summed E-state index contributed by atoms with van der Waals surface area (Å²) < 4.78 is 23.9. The van der Waals surface area contributed by atoms with Gasteiger partial charge in [0.15, 0.2) is 17.1 Å². The number of fused-ring (bicyclic) bond motifs is 1. The highest BCUT2D eigenvalue weighted by atomic mass is 16.5. The molecule has 0 aliphatic rings. The number of ether oxygens (including phenoxy) is 3. The van der Waals surface area contributed by atoms with Gasteiger partial charge in [-0.25, -0.2) is 4.79 Å². The summed E-state index contributed by atoms with van der Waals surface area (Å²) in [5.41, 5.74) is 4.84. The maximum Gasteiger partial charge on any atom is 0.383 e. The number of hydrogen-bond donors (Lipinski definition) is 0. The normalized spacial score (nSPS) is 12.1. The van der Waals surface area contributed by atoms with Crippen molar-refractivity contribution in [3.05, 3.63) is 87.4 Å². The second-order valence-corrected chi connectivity index (χ2v) is 10.6. The minimum absolute atomic E-state index is 0.0828. The highest BCUT2D eigenvalue weighted by Gasteiger charge is 2.20. The molecule has 0 aliphatic heterocycles. The zero-order chi connectivity index (χ0) is 29.3. The van der Waals surface area contributed by atoms with E-state index in [1.165, 1.54) is 22.3 Å². The Labute approximate surface area is 240 Å². The summed E-state index contributed by atoms with van der Waals surface area (Å²) in [6, 6.07) is 5.56. The molecule has 0 bridgehead atoms. The number of allylic oxidation sites excluding steroid dienone is 7. The Morgan fingerprint density at radius 1 is 0.750 bits per heavy atom. The average molecular weight is 549 g/mol. The zero-order valence-electron chi connectivity index (χ0n) is 25.6. The van der Waals surface area contributed by atoms with Crippen LogP contribution < -0.4 is 19.8 Å². The Hall–Kier alpha value is -3.47. The number of para-hydroxylation sites is 1. The van der Waals surface area contributed by atoms with Gasteiger partial charge in [-0.3, -0.25) is 0 Å². The monoisotopic (exact) mass is 548 g/mol. The second kappa shape index (κ2) is 18.0.